The second kappa shape index (κ2) is 7.33. The molecular weight excluding hydrogens is 314 g/mol. The van der Waals surface area contributed by atoms with Gasteiger partial charge in [0.1, 0.15) is 11.9 Å². The van der Waals surface area contributed by atoms with E-state index in [-0.39, 0.29) is 11.7 Å². The molecule has 0 aliphatic carbocycles. The smallest absolute Gasteiger partial charge is 0.240 e. The van der Waals surface area contributed by atoms with Gasteiger partial charge in [-0.3, -0.25) is 9.59 Å². The first-order valence-electron chi connectivity index (χ1n) is 8.30. The van der Waals surface area contributed by atoms with Gasteiger partial charge in [0.15, 0.2) is 5.16 Å². The second-order valence-corrected chi connectivity index (χ2v) is 7.09. The summed E-state index contributed by atoms with van der Waals surface area (Å²) in [5.74, 6) is 0.858. The van der Waals surface area contributed by atoms with Gasteiger partial charge in [0.25, 0.3) is 0 Å². The number of hydrogen-bond acceptors (Lipinski definition) is 5. The van der Waals surface area contributed by atoms with Crippen molar-refractivity contribution in [1.29, 1.82) is 0 Å². The molecule has 1 saturated heterocycles. The van der Waals surface area contributed by atoms with Crippen LogP contribution in [0.5, 0.6) is 0 Å². The monoisotopic (exact) mass is 337 g/mol. The Labute approximate surface area is 140 Å². The van der Waals surface area contributed by atoms with Gasteiger partial charge >= 0.3 is 0 Å². The molecule has 0 saturated carbocycles. The Morgan fingerprint density at radius 1 is 1.13 bits per heavy atom. The summed E-state index contributed by atoms with van der Waals surface area (Å²) in [7, 11) is 0. The molecule has 0 unspecified atom stereocenters. The van der Waals surface area contributed by atoms with Crippen LogP contribution in [0.1, 0.15) is 44.3 Å². The third kappa shape index (κ3) is 3.68. The molecule has 1 atom stereocenters. The van der Waals surface area contributed by atoms with E-state index in [9.17, 15) is 9.59 Å². The van der Waals surface area contributed by atoms with Crippen molar-refractivity contribution in [2.45, 2.75) is 62.7 Å². The van der Waals surface area contributed by atoms with Crippen LogP contribution in [0.15, 0.2) is 5.16 Å². The molecule has 2 N–H and O–H groups in total. The summed E-state index contributed by atoms with van der Waals surface area (Å²) in [5.41, 5.74) is 5.43. The molecule has 0 aromatic carbocycles. The van der Waals surface area contributed by atoms with Crippen molar-refractivity contribution in [3.05, 3.63) is 5.82 Å². The summed E-state index contributed by atoms with van der Waals surface area (Å²) >= 11 is 1.41. The Balaban J connectivity index is 1.62. The van der Waals surface area contributed by atoms with E-state index in [1.165, 1.54) is 18.2 Å². The zero-order valence-corrected chi connectivity index (χ0v) is 14.1. The number of fused-ring (bicyclic) bond motifs is 1. The molecule has 0 radical (unpaired) electrons. The van der Waals surface area contributed by atoms with Crippen LogP contribution < -0.4 is 5.73 Å². The number of amides is 2. The van der Waals surface area contributed by atoms with Crippen molar-refractivity contribution in [1.82, 2.24) is 19.7 Å². The van der Waals surface area contributed by atoms with Gasteiger partial charge in [-0.15, -0.1) is 10.2 Å². The normalized spacial score (nSPS) is 21.6. The van der Waals surface area contributed by atoms with E-state index in [1.807, 2.05) is 0 Å². The predicted octanol–water partition coefficient (Wildman–Crippen LogP) is 0.963. The Hall–Kier alpha value is -1.57. The minimum Gasteiger partial charge on any atom is -0.368 e. The molecule has 3 heterocycles. The maximum Gasteiger partial charge on any atom is 0.240 e. The molecule has 2 aliphatic heterocycles. The standard InChI is InChI=1S/C15H23N5O2S/c16-14(22)11-6-3-5-8-19(11)13(21)10-23-15-18-17-12-7-2-1-4-9-20(12)15/h11H,1-10H2,(H2,16,22)/t11-/m1/s1. The zero-order valence-electron chi connectivity index (χ0n) is 13.2. The van der Waals surface area contributed by atoms with Crippen LogP contribution in [0.2, 0.25) is 0 Å². The Morgan fingerprint density at radius 3 is 2.78 bits per heavy atom. The van der Waals surface area contributed by atoms with Gasteiger partial charge in [0, 0.05) is 19.5 Å². The van der Waals surface area contributed by atoms with Crippen molar-refractivity contribution < 1.29 is 9.59 Å². The number of piperidine rings is 1. The van der Waals surface area contributed by atoms with Crippen LogP contribution in [-0.2, 0) is 22.6 Å². The van der Waals surface area contributed by atoms with Crippen molar-refractivity contribution in [2.75, 3.05) is 12.3 Å². The van der Waals surface area contributed by atoms with Crippen LogP contribution in [0.4, 0.5) is 0 Å². The number of hydrogen-bond donors (Lipinski definition) is 1. The van der Waals surface area contributed by atoms with Crippen molar-refractivity contribution >= 4 is 23.6 Å². The SMILES string of the molecule is NC(=O)[C@H]1CCCCN1C(=O)CSc1nnc2n1CCCCC2. The first kappa shape index (κ1) is 16.3. The maximum absolute atomic E-state index is 12.5. The summed E-state index contributed by atoms with van der Waals surface area (Å²) < 4.78 is 2.13. The van der Waals surface area contributed by atoms with Crippen LogP contribution in [0.25, 0.3) is 0 Å². The minimum atomic E-state index is -0.452. The van der Waals surface area contributed by atoms with Gasteiger partial charge in [-0.25, -0.2) is 0 Å². The van der Waals surface area contributed by atoms with Crippen LogP contribution in [0, 0.1) is 0 Å². The number of thioether (sulfide) groups is 1. The first-order valence-corrected chi connectivity index (χ1v) is 9.29. The Morgan fingerprint density at radius 2 is 1.96 bits per heavy atom. The fraction of sp³-hybridized carbons (Fsp3) is 0.733. The first-order chi connectivity index (χ1) is 11.2. The molecule has 0 spiro atoms. The number of carbonyl (C=O) groups is 2. The molecular formula is C15H23N5O2S. The topological polar surface area (TPSA) is 94.1 Å². The summed E-state index contributed by atoms with van der Waals surface area (Å²) in [4.78, 5) is 25.6. The van der Waals surface area contributed by atoms with Crippen LogP contribution in [-0.4, -0.2) is 49.8 Å². The number of likely N-dealkylation sites (tertiary alicyclic amines) is 1. The van der Waals surface area contributed by atoms with Gasteiger partial charge in [-0.2, -0.15) is 0 Å². The lowest BCUT2D eigenvalue weighted by molar-refractivity contribution is -0.138. The van der Waals surface area contributed by atoms with Crippen molar-refractivity contribution in [2.24, 2.45) is 5.73 Å². The van der Waals surface area contributed by atoms with E-state index >= 15 is 0 Å². The second-order valence-electron chi connectivity index (χ2n) is 6.15. The lowest BCUT2D eigenvalue weighted by Crippen LogP contribution is -2.51. The molecule has 7 nitrogen and oxygen atoms in total. The summed E-state index contributed by atoms with van der Waals surface area (Å²) in [6.07, 6.45) is 6.99. The fourth-order valence-corrected chi connectivity index (χ4v) is 4.17. The largest absolute Gasteiger partial charge is 0.368 e. The number of nitrogens with two attached hydrogens (primary N) is 1. The molecule has 2 aliphatic rings. The number of carbonyl (C=O) groups excluding carboxylic acids is 2. The Bertz CT molecular complexity index is 588. The molecule has 2 amide bonds. The molecule has 3 rings (SSSR count). The average Bonchev–Trinajstić information content (AvgIpc) is 2.79. The zero-order chi connectivity index (χ0) is 16.2. The predicted molar refractivity (Wildman–Crippen MR) is 86.8 cm³/mol. The van der Waals surface area contributed by atoms with E-state index in [0.29, 0.717) is 13.0 Å². The number of nitrogens with zero attached hydrogens (tertiary/aromatic N) is 4. The molecule has 1 fully saturated rings. The van der Waals surface area contributed by atoms with Gasteiger partial charge in [0.05, 0.1) is 5.75 Å². The van der Waals surface area contributed by atoms with E-state index in [0.717, 1.165) is 49.6 Å². The van der Waals surface area contributed by atoms with Gasteiger partial charge in [0.2, 0.25) is 11.8 Å². The van der Waals surface area contributed by atoms with Gasteiger partial charge in [-0.05, 0) is 32.1 Å². The molecule has 0 bridgehead atoms. The van der Waals surface area contributed by atoms with E-state index in [4.69, 9.17) is 5.73 Å². The lowest BCUT2D eigenvalue weighted by atomic mass is 10.0. The third-order valence-electron chi connectivity index (χ3n) is 4.55. The van der Waals surface area contributed by atoms with Gasteiger partial charge in [-0.1, -0.05) is 18.2 Å². The van der Waals surface area contributed by atoms with Crippen molar-refractivity contribution in [3.8, 4) is 0 Å². The highest BCUT2D eigenvalue weighted by Crippen LogP contribution is 2.23. The highest BCUT2D eigenvalue weighted by atomic mass is 32.2. The molecule has 23 heavy (non-hydrogen) atoms. The quantitative estimate of drug-likeness (QED) is 0.826. The Kier molecular flexibility index (Phi) is 5.20. The number of aromatic nitrogens is 3. The molecule has 1 aromatic heterocycles. The summed E-state index contributed by atoms with van der Waals surface area (Å²) in [5, 5.41) is 9.28. The third-order valence-corrected chi connectivity index (χ3v) is 5.50. The highest BCUT2D eigenvalue weighted by molar-refractivity contribution is 7.99. The van der Waals surface area contributed by atoms with Crippen molar-refractivity contribution in [3.63, 3.8) is 0 Å². The van der Waals surface area contributed by atoms with Gasteiger partial charge < -0.3 is 15.2 Å². The molecule has 1 aromatic rings. The van der Waals surface area contributed by atoms with Crippen LogP contribution in [0.3, 0.4) is 0 Å². The van der Waals surface area contributed by atoms with E-state index in [2.05, 4.69) is 14.8 Å². The van der Waals surface area contributed by atoms with E-state index < -0.39 is 11.9 Å². The van der Waals surface area contributed by atoms with E-state index in [1.54, 1.807) is 4.90 Å². The highest BCUT2D eigenvalue weighted by Gasteiger charge is 2.30. The molecule has 126 valence electrons. The lowest BCUT2D eigenvalue weighted by Gasteiger charge is -2.33. The summed E-state index contributed by atoms with van der Waals surface area (Å²) in [6, 6.07) is -0.452. The molecule has 8 heteroatoms. The fourth-order valence-electron chi connectivity index (χ4n) is 3.30. The minimum absolute atomic E-state index is 0.0375. The average molecular weight is 337 g/mol. The maximum atomic E-state index is 12.5. The van der Waals surface area contributed by atoms with Crippen LogP contribution >= 0.6 is 11.8 Å². The summed E-state index contributed by atoms with van der Waals surface area (Å²) in [6.45, 7) is 1.54. The number of primary amides is 1. The number of rotatable bonds is 4. The number of aryl methyl sites for hydroxylation is 1.